The van der Waals surface area contributed by atoms with Crippen molar-refractivity contribution in [2.75, 3.05) is 11.1 Å². The molecule has 2 heterocycles. The van der Waals surface area contributed by atoms with Crippen molar-refractivity contribution in [3.63, 3.8) is 0 Å². The summed E-state index contributed by atoms with van der Waals surface area (Å²) < 4.78 is 5.71. The number of anilines is 1. The lowest BCUT2D eigenvalue weighted by molar-refractivity contribution is -0.115. The summed E-state index contributed by atoms with van der Waals surface area (Å²) in [6, 6.07) is 1.68. The monoisotopic (exact) mass is 270 g/mol. The number of nitrogens with one attached hydrogen (secondary N) is 1. The van der Waals surface area contributed by atoms with E-state index in [1.165, 1.54) is 23.1 Å². The predicted octanol–water partition coefficient (Wildman–Crippen LogP) is 1.96. The lowest BCUT2D eigenvalue weighted by Gasteiger charge is -1.99. The third-order valence-corrected chi connectivity index (χ3v) is 3.65. The van der Waals surface area contributed by atoms with Crippen LogP contribution in [0, 0.1) is 6.92 Å². The summed E-state index contributed by atoms with van der Waals surface area (Å²) in [7, 11) is 0. The Kier molecular flexibility index (Phi) is 4.10. The van der Waals surface area contributed by atoms with Crippen molar-refractivity contribution in [2.24, 2.45) is 0 Å². The maximum atomic E-state index is 11.5. The number of hydrogen-bond acceptors (Lipinski definition) is 7. The van der Waals surface area contributed by atoms with E-state index in [1.54, 1.807) is 18.5 Å². The fourth-order valence-electron chi connectivity index (χ4n) is 1.09. The van der Waals surface area contributed by atoms with Gasteiger partial charge in [0.1, 0.15) is 11.3 Å². The zero-order chi connectivity index (χ0) is 12.1. The Morgan fingerprint density at radius 3 is 3.18 bits per heavy atom. The van der Waals surface area contributed by atoms with E-state index in [2.05, 4.69) is 20.7 Å². The van der Waals surface area contributed by atoms with E-state index in [4.69, 9.17) is 4.52 Å². The minimum Gasteiger partial charge on any atom is -0.360 e. The molecule has 2 rings (SSSR count). The summed E-state index contributed by atoms with van der Waals surface area (Å²) in [6.45, 7) is 1.77. The third kappa shape index (κ3) is 3.82. The molecule has 6 nitrogen and oxygen atoms in total. The van der Waals surface area contributed by atoms with Gasteiger partial charge in [-0.15, -0.1) is 10.2 Å². The number of aryl methyl sites for hydroxylation is 1. The highest BCUT2D eigenvalue weighted by Gasteiger charge is 2.06. The maximum Gasteiger partial charge on any atom is 0.226 e. The number of rotatable bonds is 5. The molecule has 2 aromatic rings. The van der Waals surface area contributed by atoms with Crippen molar-refractivity contribution < 1.29 is 9.32 Å². The number of amides is 1. The van der Waals surface area contributed by atoms with Crippen LogP contribution in [-0.4, -0.2) is 27.0 Å². The second-order valence-corrected chi connectivity index (χ2v) is 5.35. The van der Waals surface area contributed by atoms with Crippen LogP contribution in [0.2, 0.25) is 0 Å². The predicted molar refractivity (Wildman–Crippen MR) is 65.1 cm³/mol. The molecule has 0 saturated heterocycles. The number of thioether (sulfide) groups is 1. The van der Waals surface area contributed by atoms with Crippen LogP contribution in [0.25, 0.3) is 0 Å². The zero-order valence-corrected chi connectivity index (χ0v) is 10.7. The molecule has 1 N–H and O–H groups in total. The van der Waals surface area contributed by atoms with Gasteiger partial charge in [0.2, 0.25) is 5.91 Å². The van der Waals surface area contributed by atoms with Gasteiger partial charge in [0, 0.05) is 18.2 Å². The molecule has 0 aliphatic heterocycles. The van der Waals surface area contributed by atoms with Crippen molar-refractivity contribution >= 4 is 34.8 Å². The molecule has 0 atom stereocenters. The molecule has 1 amide bonds. The normalized spacial score (nSPS) is 10.4. The number of aromatic nitrogens is 3. The second kappa shape index (κ2) is 5.78. The van der Waals surface area contributed by atoms with Crippen LogP contribution in [0.4, 0.5) is 5.82 Å². The van der Waals surface area contributed by atoms with Crippen LogP contribution in [-0.2, 0) is 4.79 Å². The number of nitrogens with zero attached hydrogens (tertiary/aromatic N) is 3. The van der Waals surface area contributed by atoms with E-state index in [1.807, 2.05) is 0 Å². The highest BCUT2D eigenvalue weighted by Crippen LogP contribution is 2.19. The SMILES string of the molecule is Cc1cc(NC(=O)CCSc2nncs2)no1. The molecule has 2 aromatic heterocycles. The Morgan fingerprint density at radius 2 is 2.53 bits per heavy atom. The lowest BCUT2D eigenvalue weighted by Crippen LogP contribution is -2.12. The van der Waals surface area contributed by atoms with Crippen LogP contribution < -0.4 is 5.32 Å². The largest absolute Gasteiger partial charge is 0.360 e. The van der Waals surface area contributed by atoms with Gasteiger partial charge in [-0.2, -0.15) is 0 Å². The van der Waals surface area contributed by atoms with Gasteiger partial charge in [-0.05, 0) is 6.92 Å². The molecule has 0 radical (unpaired) electrons. The standard InChI is InChI=1S/C9H10N4O2S2/c1-6-4-7(13-15-6)11-8(14)2-3-16-9-12-10-5-17-9/h4-5H,2-3H2,1H3,(H,11,13,14). The van der Waals surface area contributed by atoms with Gasteiger partial charge in [-0.3, -0.25) is 4.79 Å². The van der Waals surface area contributed by atoms with Crippen LogP contribution in [0.5, 0.6) is 0 Å². The van der Waals surface area contributed by atoms with Gasteiger partial charge in [-0.1, -0.05) is 28.3 Å². The lowest BCUT2D eigenvalue weighted by atomic mass is 10.4. The van der Waals surface area contributed by atoms with Gasteiger partial charge in [-0.25, -0.2) is 0 Å². The first-order valence-corrected chi connectivity index (χ1v) is 6.73. The van der Waals surface area contributed by atoms with Gasteiger partial charge >= 0.3 is 0 Å². The average molecular weight is 270 g/mol. The molecule has 0 spiro atoms. The molecule has 90 valence electrons. The summed E-state index contributed by atoms with van der Waals surface area (Å²) >= 11 is 2.98. The minimum absolute atomic E-state index is 0.0877. The Bertz CT molecular complexity index is 483. The second-order valence-electron chi connectivity index (χ2n) is 3.17. The van der Waals surface area contributed by atoms with Crippen molar-refractivity contribution in [3.05, 3.63) is 17.3 Å². The van der Waals surface area contributed by atoms with Crippen molar-refractivity contribution in [3.8, 4) is 0 Å². The highest BCUT2D eigenvalue weighted by atomic mass is 32.2. The molecule has 17 heavy (non-hydrogen) atoms. The molecular formula is C9H10N4O2S2. The first-order chi connectivity index (χ1) is 8.24. The van der Waals surface area contributed by atoms with E-state index in [-0.39, 0.29) is 5.91 Å². The van der Waals surface area contributed by atoms with E-state index in [9.17, 15) is 4.79 Å². The topological polar surface area (TPSA) is 80.9 Å². The quantitative estimate of drug-likeness (QED) is 0.836. The molecule has 8 heteroatoms. The van der Waals surface area contributed by atoms with Gasteiger partial charge < -0.3 is 9.84 Å². The van der Waals surface area contributed by atoms with Crippen LogP contribution >= 0.6 is 23.1 Å². The van der Waals surface area contributed by atoms with Crippen LogP contribution in [0.15, 0.2) is 20.4 Å². The number of carbonyl (C=O) groups excluding carboxylic acids is 1. The number of carbonyl (C=O) groups is 1. The summed E-state index contributed by atoms with van der Waals surface area (Å²) in [6.07, 6.45) is 0.399. The zero-order valence-electron chi connectivity index (χ0n) is 9.04. The van der Waals surface area contributed by atoms with Gasteiger partial charge in [0.15, 0.2) is 10.2 Å². The Balaban J connectivity index is 1.71. The summed E-state index contributed by atoms with van der Waals surface area (Å²) in [5.41, 5.74) is 1.67. The van der Waals surface area contributed by atoms with Crippen LogP contribution in [0.1, 0.15) is 12.2 Å². The third-order valence-electron chi connectivity index (χ3n) is 1.79. The highest BCUT2D eigenvalue weighted by molar-refractivity contribution is 8.01. The molecule has 0 fully saturated rings. The average Bonchev–Trinajstić information content (AvgIpc) is 2.90. The van der Waals surface area contributed by atoms with Crippen molar-refractivity contribution in [2.45, 2.75) is 17.7 Å². The van der Waals surface area contributed by atoms with E-state index in [0.29, 0.717) is 23.8 Å². The Morgan fingerprint density at radius 1 is 1.65 bits per heavy atom. The molecule has 0 bridgehead atoms. The number of hydrogen-bond donors (Lipinski definition) is 1. The first-order valence-electron chi connectivity index (χ1n) is 4.86. The first kappa shape index (κ1) is 12.1. The van der Waals surface area contributed by atoms with Gasteiger partial charge in [0.25, 0.3) is 0 Å². The fraction of sp³-hybridized carbons (Fsp3) is 0.333. The molecule has 0 unspecified atom stereocenters. The van der Waals surface area contributed by atoms with E-state index < -0.39 is 0 Å². The maximum absolute atomic E-state index is 11.5. The Hall–Kier alpha value is -1.41. The summed E-state index contributed by atoms with van der Waals surface area (Å²) in [4.78, 5) is 11.5. The van der Waals surface area contributed by atoms with Gasteiger partial charge in [0.05, 0.1) is 0 Å². The molecule has 0 aliphatic carbocycles. The fourth-order valence-corrected chi connectivity index (χ4v) is 2.58. The Labute approximate surface area is 106 Å². The smallest absolute Gasteiger partial charge is 0.226 e. The molecule has 0 aliphatic rings. The summed E-state index contributed by atoms with van der Waals surface area (Å²) in [5, 5.41) is 13.9. The molecular weight excluding hydrogens is 260 g/mol. The van der Waals surface area contributed by atoms with Crippen molar-refractivity contribution in [1.82, 2.24) is 15.4 Å². The molecule has 0 aromatic carbocycles. The van der Waals surface area contributed by atoms with Crippen molar-refractivity contribution in [1.29, 1.82) is 0 Å². The van der Waals surface area contributed by atoms with Crippen LogP contribution in [0.3, 0.4) is 0 Å². The van der Waals surface area contributed by atoms with E-state index >= 15 is 0 Å². The summed E-state index contributed by atoms with van der Waals surface area (Å²) in [5.74, 6) is 1.70. The van der Waals surface area contributed by atoms with E-state index in [0.717, 1.165) is 4.34 Å². The minimum atomic E-state index is -0.0877. The molecule has 0 saturated carbocycles.